The Morgan fingerprint density at radius 3 is 2.30 bits per heavy atom. The molecule has 0 aliphatic rings. The SMILES string of the molecule is NC(=O)c1cccnc1.O=C(O)c1csc(-c2ccccc2)n1. The van der Waals surface area contributed by atoms with Crippen LogP contribution in [-0.2, 0) is 0 Å². The highest BCUT2D eigenvalue weighted by Gasteiger charge is 2.09. The highest BCUT2D eigenvalue weighted by molar-refractivity contribution is 7.13. The minimum atomic E-state index is -0.983. The number of pyridine rings is 1. The highest BCUT2D eigenvalue weighted by Crippen LogP contribution is 2.22. The molecule has 3 rings (SSSR count). The summed E-state index contributed by atoms with van der Waals surface area (Å²) < 4.78 is 0. The van der Waals surface area contributed by atoms with E-state index in [1.54, 1.807) is 23.7 Å². The van der Waals surface area contributed by atoms with E-state index in [2.05, 4.69) is 9.97 Å². The van der Waals surface area contributed by atoms with E-state index in [1.165, 1.54) is 17.5 Å². The standard InChI is InChI=1S/C10H7NO2S.C6H6N2O/c12-10(13)8-6-14-9(11-8)7-4-2-1-3-5-7;7-6(9)5-2-1-3-8-4-5/h1-6H,(H,12,13);1-4H,(H2,7,9). The van der Waals surface area contributed by atoms with Gasteiger partial charge in [0.1, 0.15) is 5.01 Å². The number of nitrogens with zero attached hydrogens (tertiary/aromatic N) is 2. The zero-order valence-corrected chi connectivity index (χ0v) is 12.7. The van der Waals surface area contributed by atoms with Crippen LogP contribution < -0.4 is 5.73 Å². The van der Waals surface area contributed by atoms with E-state index in [1.807, 2.05) is 30.3 Å². The number of rotatable bonds is 3. The molecule has 0 saturated carbocycles. The summed E-state index contributed by atoms with van der Waals surface area (Å²) in [6, 6.07) is 12.8. The Morgan fingerprint density at radius 2 is 1.83 bits per heavy atom. The van der Waals surface area contributed by atoms with Crippen LogP contribution in [0.15, 0.2) is 60.2 Å². The summed E-state index contributed by atoms with van der Waals surface area (Å²) in [5.74, 6) is -1.42. The summed E-state index contributed by atoms with van der Waals surface area (Å²) in [5, 5.41) is 11.0. The van der Waals surface area contributed by atoms with E-state index in [0.29, 0.717) is 5.56 Å². The molecule has 2 heterocycles. The van der Waals surface area contributed by atoms with Gasteiger partial charge in [-0.2, -0.15) is 0 Å². The number of aromatic carboxylic acids is 1. The maximum atomic E-state index is 10.6. The normalized spacial score (nSPS) is 9.57. The van der Waals surface area contributed by atoms with E-state index < -0.39 is 11.9 Å². The maximum Gasteiger partial charge on any atom is 0.355 e. The predicted octanol–water partition coefficient (Wildman–Crippen LogP) is 2.69. The topological polar surface area (TPSA) is 106 Å². The van der Waals surface area contributed by atoms with Gasteiger partial charge in [0.15, 0.2) is 5.69 Å². The Hall–Kier alpha value is -3.06. The number of aromatic nitrogens is 2. The third-order valence-electron chi connectivity index (χ3n) is 2.69. The monoisotopic (exact) mass is 327 g/mol. The van der Waals surface area contributed by atoms with E-state index in [0.717, 1.165) is 10.6 Å². The molecule has 0 saturated heterocycles. The molecular weight excluding hydrogens is 314 g/mol. The fraction of sp³-hybridized carbons (Fsp3) is 0. The van der Waals surface area contributed by atoms with Crippen molar-refractivity contribution in [2.24, 2.45) is 5.73 Å². The van der Waals surface area contributed by atoms with Crippen LogP contribution in [0, 0.1) is 0 Å². The Bertz CT molecular complexity index is 789. The molecule has 0 aliphatic heterocycles. The van der Waals surface area contributed by atoms with Gasteiger partial charge in [-0.25, -0.2) is 9.78 Å². The molecule has 7 heteroatoms. The van der Waals surface area contributed by atoms with Crippen molar-refractivity contribution >= 4 is 23.2 Å². The minimum Gasteiger partial charge on any atom is -0.476 e. The Balaban J connectivity index is 0.000000185. The number of benzene rings is 1. The fourth-order valence-corrected chi connectivity index (χ4v) is 2.39. The quantitative estimate of drug-likeness (QED) is 0.769. The van der Waals surface area contributed by atoms with Crippen LogP contribution in [0.3, 0.4) is 0 Å². The fourth-order valence-electron chi connectivity index (χ4n) is 1.59. The van der Waals surface area contributed by atoms with Gasteiger partial charge in [0.05, 0.1) is 5.56 Å². The number of primary amides is 1. The summed E-state index contributed by atoms with van der Waals surface area (Å²) in [5.41, 5.74) is 6.43. The minimum absolute atomic E-state index is 0.105. The molecule has 0 unspecified atom stereocenters. The lowest BCUT2D eigenvalue weighted by molar-refractivity contribution is 0.0691. The van der Waals surface area contributed by atoms with Gasteiger partial charge in [0, 0.05) is 23.3 Å². The number of carboxylic acid groups (broad SMARTS) is 1. The van der Waals surface area contributed by atoms with E-state index in [-0.39, 0.29) is 5.69 Å². The van der Waals surface area contributed by atoms with Gasteiger partial charge < -0.3 is 10.8 Å². The number of carboxylic acids is 1. The van der Waals surface area contributed by atoms with Crippen LogP contribution in [0.25, 0.3) is 10.6 Å². The molecule has 6 nitrogen and oxygen atoms in total. The molecule has 1 amide bonds. The average molecular weight is 327 g/mol. The molecular formula is C16H13N3O3S. The van der Waals surface area contributed by atoms with Crippen molar-refractivity contribution in [2.45, 2.75) is 0 Å². The number of hydrogen-bond donors (Lipinski definition) is 2. The first-order chi connectivity index (χ1) is 11.1. The molecule has 116 valence electrons. The third kappa shape index (κ3) is 4.72. The highest BCUT2D eigenvalue weighted by atomic mass is 32.1. The van der Waals surface area contributed by atoms with Gasteiger partial charge in [0.2, 0.25) is 5.91 Å². The Morgan fingerprint density at radius 1 is 1.09 bits per heavy atom. The number of carbonyl (C=O) groups is 2. The zero-order chi connectivity index (χ0) is 16.7. The van der Waals surface area contributed by atoms with Crippen molar-refractivity contribution in [2.75, 3.05) is 0 Å². The number of hydrogen-bond acceptors (Lipinski definition) is 5. The first-order valence-electron chi connectivity index (χ1n) is 6.52. The van der Waals surface area contributed by atoms with Crippen molar-refractivity contribution < 1.29 is 14.7 Å². The molecule has 0 bridgehead atoms. The van der Waals surface area contributed by atoms with E-state index in [4.69, 9.17) is 10.8 Å². The smallest absolute Gasteiger partial charge is 0.355 e. The first kappa shape index (κ1) is 16.3. The van der Waals surface area contributed by atoms with Crippen LogP contribution in [-0.4, -0.2) is 27.0 Å². The zero-order valence-electron chi connectivity index (χ0n) is 11.9. The molecule has 3 aromatic rings. The molecule has 0 spiro atoms. The number of nitrogens with two attached hydrogens (primary N) is 1. The van der Waals surface area contributed by atoms with Crippen LogP contribution in [0.5, 0.6) is 0 Å². The average Bonchev–Trinajstić information content (AvgIpc) is 3.07. The summed E-state index contributed by atoms with van der Waals surface area (Å²) in [7, 11) is 0. The van der Waals surface area contributed by atoms with Gasteiger partial charge in [-0.3, -0.25) is 9.78 Å². The summed E-state index contributed by atoms with van der Waals surface area (Å²) in [6.45, 7) is 0. The van der Waals surface area contributed by atoms with Crippen molar-refractivity contribution in [1.82, 2.24) is 9.97 Å². The summed E-state index contributed by atoms with van der Waals surface area (Å²) >= 11 is 1.34. The lowest BCUT2D eigenvalue weighted by atomic mass is 10.2. The van der Waals surface area contributed by atoms with Gasteiger partial charge >= 0.3 is 5.97 Å². The molecule has 0 radical (unpaired) electrons. The number of thiazole rings is 1. The number of amides is 1. The van der Waals surface area contributed by atoms with Gasteiger partial charge in [-0.15, -0.1) is 11.3 Å². The van der Waals surface area contributed by atoms with E-state index in [9.17, 15) is 9.59 Å². The first-order valence-corrected chi connectivity index (χ1v) is 7.40. The van der Waals surface area contributed by atoms with Crippen molar-refractivity contribution in [3.8, 4) is 10.6 Å². The second-order valence-electron chi connectivity index (χ2n) is 4.32. The third-order valence-corrected chi connectivity index (χ3v) is 3.58. The lowest BCUT2D eigenvalue weighted by Crippen LogP contribution is -2.10. The van der Waals surface area contributed by atoms with Crippen LogP contribution in [0.1, 0.15) is 20.8 Å². The van der Waals surface area contributed by atoms with E-state index >= 15 is 0 Å². The van der Waals surface area contributed by atoms with Crippen molar-refractivity contribution in [1.29, 1.82) is 0 Å². The van der Waals surface area contributed by atoms with Gasteiger partial charge in [-0.05, 0) is 12.1 Å². The summed E-state index contributed by atoms with van der Waals surface area (Å²) in [4.78, 5) is 28.7. The molecule has 1 aromatic carbocycles. The predicted molar refractivity (Wildman–Crippen MR) is 87.3 cm³/mol. The van der Waals surface area contributed by atoms with Crippen molar-refractivity contribution in [3.63, 3.8) is 0 Å². The van der Waals surface area contributed by atoms with Crippen molar-refractivity contribution in [3.05, 3.63) is 71.5 Å². The largest absolute Gasteiger partial charge is 0.476 e. The molecule has 0 atom stereocenters. The van der Waals surface area contributed by atoms with Crippen LogP contribution in [0.4, 0.5) is 0 Å². The van der Waals surface area contributed by atoms with Gasteiger partial charge in [0.25, 0.3) is 0 Å². The molecule has 3 N–H and O–H groups in total. The molecule has 0 aliphatic carbocycles. The maximum absolute atomic E-state index is 10.6. The second kappa shape index (κ2) is 7.81. The van der Waals surface area contributed by atoms with Gasteiger partial charge in [-0.1, -0.05) is 30.3 Å². The number of carbonyl (C=O) groups excluding carboxylic acids is 1. The van der Waals surface area contributed by atoms with Crippen LogP contribution >= 0.6 is 11.3 Å². The Kier molecular flexibility index (Phi) is 5.54. The summed E-state index contributed by atoms with van der Waals surface area (Å²) in [6.07, 6.45) is 3.02. The molecule has 23 heavy (non-hydrogen) atoms. The Labute approximate surface area is 136 Å². The molecule has 2 aromatic heterocycles. The molecule has 0 fully saturated rings. The second-order valence-corrected chi connectivity index (χ2v) is 5.17. The lowest BCUT2D eigenvalue weighted by Gasteiger charge is -1.92. The van der Waals surface area contributed by atoms with Crippen LogP contribution in [0.2, 0.25) is 0 Å².